The van der Waals surface area contributed by atoms with Crippen molar-refractivity contribution in [1.29, 1.82) is 0 Å². The van der Waals surface area contributed by atoms with Gasteiger partial charge in [-0.2, -0.15) is 0 Å². The van der Waals surface area contributed by atoms with Crippen LogP contribution in [0.1, 0.15) is 6.92 Å². The maximum absolute atomic E-state index is 13.2. The highest BCUT2D eigenvalue weighted by molar-refractivity contribution is 6.24. The van der Waals surface area contributed by atoms with Crippen molar-refractivity contribution < 1.29 is 8.78 Å². The van der Waals surface area contributed by atoms with Crippen LogP contribution < -0.4 is 5.73 Å². The highest BCUT2D eigenvalue weighted by atomic mass is 35.5. The first-order valence-corrected chi connectivity index (χ1v) is 5.03. The summed E-state index contributed by atoms with van der Waals surface area (Å²) in [4.78, 5) is 3.84. The first-order chi connectivity index (χ1) is 7.54. The van der Waals surface area contributed by atoms with Crippen LogP contribution in [0.4, 0.5) is 14.5 Å². The maximum atomic E-state index is 13.2. The average Bonchev–Trinajstić information content (AvgIpc) is 2.21. The molecule has 1 atom stereocenters. The van der Waals surface area contributed by atoms with Crippen molar-refractivity contribution in [1.82, 2.24) is 0 Å². The van der Waals surface area contributed by atoms with Crippen LogP contribution in [0.5, 0.6) is 0 Å². The van der Waals surface area contributed by atoms with E-state index in [1.54, 1.807) is 6.92 Å². The zero-order chi connectivity index (χ0) is 12.1. The van der Waals surface area contributed by atoms with Gasteiger partial charge in [0.05, 0.1) is 11.1 Å². The second kappa shape index (κ2) is 5.61. The molecule has 0 aliphatic rings. The van der Waals surface area contributed by atoms with Crippen molar-refractivity contribution in [3.8, 4) is 0 Å². The van der Waals surface area contributed by atoms with E-state index in [9.17, 15) is 8.78 Å². The Labute approximate surface area is 97.4 Å². The van der Waals surface area contributed by atoms with E-state index in [2.05, 4.69) is 4.99 Å². The minimum atomic E-state index is -0.727. The third-order valence-electron chi connectivity index (χ3n) is 1.91. The minimum Gasteiger partial charge on any atom is -0.404 e. The molecule has 1 aromatic rings. The molecule has 1 rings (SSSR count). The zero-order valence-electron chi connectivity index (χ0n) is 8.62. The van der Waals surface area contributed by atoms with Gasteiger partial charge in [0.25, 0.3) is 0 Å². The van der Waals surface area contributed by atoms with Crippen LogP contribution in [0.3, 0.4) is 0 Å². The van der Waals surface area contributed by atoms with Crippen molar-refractivity contribution in [3.05, 3.63) is 41.6 Å². The summed E-state index contributed by atoms with van der Waals surface area (Å²) >= 11 is 5.78. The molecule has 0 spiro atoms. The van der Waals surface area contributed by atoms with Crippen LogP contribution >= 0.6 is 11.6 Å². The van der Waals surface area contributed by atoms with Crippen molar-refractivity contribution in [2.24, 2.45) is 10.7 Å². The molecule has 0 saturated carbocycles. The number of hydrogen-bond acceptors (Lipinski definition) is 2. The van der Waals surface area contributed by atoms with E-state index >= 15 is 0 Å². The van der Waals surface area contributed by atoms with Crippen LogP contribution in [-0.4, -0.2) is 11.6 Å². The molecular formula is C11H11ClF2N2. The van der Waals surface area contributed by atoms with E-state index in [4.69, 9.17) is 17.3 Å². The molecule has 0 aromatic heterocycles. The monoisotopic (exact) mass is 244 g/mol. The van der Waals surface area contributed by atoms with Gasteiger partial charge in [0.1, 0.15) is 5.82 Å². The second-order valence-corrected chi connectivity index (χ2v) is 3.79. The van der Waals surface area contributed by atoms with E-state index in [0.29, 0.717) is 5.57 Å². The smallest absolute Gasteiger partial charge is 0.151 e. The molecule has 1 aromatic carbocycles. The summed E-state index contributed by atoms with van der Waals surface area (Å²) in [5.74, 6) is -1.37. The summed E-state index contributed by atoms with van der Waals surface area (Å²) < 4.78 is 25.8. The standard InChI is InChI=1S/C11H11ClF2N2/c1-7(12)8(5-15)6-16-11-3-2-9(13)4-10(11)14/h2-7H,15H2,1H3. The van der Waals surface area contributed by atoms with Gasteiger partial charge < -0.3 is 5.73 Å². The van der Waals surface area contributed by atoms with E-state index in [0.717, 1.165) is 12.1 Å². The molecule has 0 radical (unpaired) electrons. The van der Waals surface area contributed by atoms with Gasteiger partial charge in [0, 0.05) is 24.1 Å². The Kier molecular flexibility index (Phi) is 4.43. The highest BCUT2D eigenvalue weighted by Crippen LogP contribution is 2.18. The fraction of sp³-hybridized carbons (Fsp3) is 0.182. The molecule has 0 fully saturated rings. The molecule has 0 amide bonds. The maximum Gasteiger partial charge on any atom is 0.151 e. The molecule has 0 heterocycles. The first kappa shape index (κ1) is 12.6. The summed E-state index contributed by atoms with van der Waals surface area (Å²) in [6.45, 7) is 1.72. The van der Waals surface area contributed by atoms with Gasteiger partial charge in [-0.25, -0.2) is 8.78 Å². The zero-order valence-corrected chi connectivity index (χ0v) is 9.38. The van der Waals surface area contributed by atoms with Crippen LogP contribution in [-0.2, 0) is 0 Å². The second-order valence-electron chi connectivity index (χ2n) is 3.14. The van der Waals surface area contributed by atoms with E-state index in [1.807, 2.05) is 0 Å². The molecule has 0 saturated heterocycles. The Morgan fingerprint density at radius 2 is 2.19 bits per heavy atom. The molecule has 2 nitrogen and oxygen atoms in total. The molecule has 0 bridgehead atoms. The fourth-order valence-corrected chi connectivity index (χ4v) is 1.14. The van der Waals surface area contributed by atoms with E-state index in [-0.39, 0.29) is 11.1 Å². The lowest BCUT2D eigenvalue weighted by Crippen LogP contribution is -2.01. The Hall–Kier alpha value is -1.42. The number of rotatable bonds is 3. The summed E-state index contributed by atoms with van der Waals surface area (Å²) in [5, 5.41) is -0.322. The number of alkyl halides is 1. The predicted octanol–water partition coefficient (Wildman–Crippen LogP) is 3.14. The van der Waals surface area contributed by atoms with Gasteiger partial charge in [-0.15, -0.1) is 11.6 Å². The van der Waals surface area contributed by atoms with Gasteiger partial charge in [-0.3, -0.25) is 4.99 Å². The SMILES string of the molecule is CC(Cl)C(C=Nc1ccc(F)cc1F)=CN. The fourth-order valence-electron chi connectivity index (χ4n) is 1.01. The van der Waals surface area contributed by atoms with Gasteiger partial charge in [0.15, 0.2) is 5.82 Å². The molecule has 1 unspecified atom stereocenters. The van der Waals surface area contributed by atoms with Crippen molar-refractivity contribution in [2.75, 3.05) is 0 Å². The largest absolute Gasteiger partial charge is 0.404 e. The topological polar surface area (TPSA) is 38.4 Å². The number of hydrogen-bond donors (Lipinski definition) is 1. The molecule has 0 aliphatic carbocycles. The minimum absolute atomic E-state index is 0.0399. The lowest BCUT2D eigenvalue weighted by atomic mass is 10.2. The highest BCUT2D eigenvalue weighted by Gasteiger charge is 2.04. The van der Waals surface area contributed by atoms with Gasteiger partial charge in [0.2, 0.25) is 0 Å². The normalized spacial score (nSPS) is 14.4. The summed E-state index contributed by atoms with van der Waals surface area (Å²) in [6.07, 6.45) is 2.65. The van der Waals surface area contributed by atoms with Crippen LogP contribution in [0.25, 0.3) is 0 Å². The van der Waals surface area contributed by atoms with Crippen molar-refractivity contribution >= 4 is 23.5 Å². The van der Waals surface area contributed by atoms with Crippen LogP contribution in [0, 0.1) is 11.6 Å². The molecule has 2 N–H and O–H groups in total. The summed E-state index contributed by atoms with van der Waals surface area (Å²) in [6, 6.07) is 3.14. The molecule has 86 valence electrons. The number of aliphatic imine (C=N–C) groups is 1. The van der Waals surface area contributed by atoms with Crippen LogP contribution in [0.2, 0.25) is 0 Å². The first-order valence-electron chi connectivity index (χ1n) is 4.59. The van der Waals surface area contributed by atoms with Gasteiger partial charge in [-0.1, -0.05) is 0 Å². The Bertz CT molecular complexity index is 428. The van der Waals surface area contributed by atoms with Crippen LogP contribution in [0.15, 0.2) is 35.0 Å². The molecular weight excluding hydrogens is 234 g/mol. The lowest BCUT2D eigenvalue weighted by Gasteiger charge is -2.02. The number of halogens is 3. The molecule has 16 heavy (non-hydrogen) atoms. The summed E-state index contributed by atoms with van der Waals surface area (Å²) in [5.41, 5.74) is 5.91. The molecule has 5 heteroatoms. The predicted molar refractivity (Wildman–Crippen MR) is 62.1 cm³/mol. The van der Waals surface area contributed by atoms with Crippen molar-refractivity contribution in [3.63, 3.8) is 0 Å². The number of allylic oxidation sites excluding steroid dienone is 1. The summed E-state index contributed by atoms with van der Waals surface area (Å²) in [7, 11) is 0. The number of nitrogens with zero attached hydrogens (tertiary/aromatic N) is 1. The van der Waals surface area contributed by atoms with Gasteiger partial charge in [-0.05, 0) is 19.1 Å². The number of benzene rings is 1. The lowest BCUT2D eigenvalue weighted by molar-refractivity contribution is 0.585. The Morgan fingerprint density at radius 3 is 2.69 bits per heavy atom. The number of nitrogens with two attached hydrogens (primary N) is 1. The van der Waals surface area contributed by atoms with E-state index < -0.39 is 11.6 Å². The van der Waals surface area contributed by atoms with E-state index in [1.165, 1.54) is 18.5 Å². The van der Waals surface area contributed by atoms with Gasteiger partial charge >= 0.3 is 0 Å². The average molecular weight is 245 g/mol. The Balaban J connectivity index is 2.92. The quantitative estimate of drug-likeness (QED) is 0.644. The third-order valence-corrected chi connectivity index (χ3v) is 2.17. The third kappa shape index (κ3) is 3.31. The van der Waals surface area contributed by atoms with Crippen molar-refractivity contribution in [2.45, 2.75) is 12.3 Å². The molecule has 0 aliphatic heterocycles. The Morgan fingerprint density at radius 1 is 1.50 bits per heavy atom.